The van der Waals surface area contributed by atoms with E-state index < -0.39 is 0 Å². The fraction of sp³-hybridized carbons (Fsp3) is 0.188. The van der Waals surface area contributed by atoms with Gasteiger partial charge >= 0.3 is 0 Å². The van der Waals surface area contributed by atoms with Gasteiger partial charge in [-0.15, -0.1) is 11.8 Å². The van der Waals surface area contributed by atoms with Gasteiger partial charge in [0, 0.05) is 5.75 Å². The highest BCUT2D eigenvalue weighted by Crippen LogP contribution is 2.29. The van der Waals surface area contributed by atoms with Gasteiger partial charge in [-0.3, -0.25) is 4.79 Å². The first kappa shape index (κ1) is 16.2. The van der Waals surface area contributed by atoms with E-state index in [2.05, 4.69) is 36.5 Å². The molecule has 0 heterocycles. The van der Waals surface area contributed by atoms with Crippen LogP contribution in [0.4, 0.5) is 5.69 Å². The highest BCUT2D eigenvalue weighted by Gasteiger charge is 2.09. The Morgan fingerprint density at radius 1 is 1.10 bits per heavy atom. The first-order chi connectivity index (χ1) is 10.1. The summed E-state index contributed by atoms with van der Waals surface area (Å²) in [6, 6.07) is 13.4. The highest BCUT2D eigenvalue weighted by atomic mass is 35.5. The van der Waals surface area contributed by atoms with E-state index in [1.54, 1.807) is 30.0 Å². The molecule has 21 heavy (non-hydrogen) atoms. The molecule has 0 fully saturated rings. The van der Waals surface area contributed by atoms with Crippen molar-refractivity contribution < 1.29 is 4.79 Å². The maximum absolute atomic E-state index is 11.9. The quantitative estimate of drug-likeness (QED) is 0.813. The summed E-state index contributed by atoms with van der Waals surface area (Å²) in [6.45, 7) is 2.05. The molecule has 0 atom stereocenters. The van der Waals surface area contributed by atoms with Crippen molar-refractivity contribution >= 4 is 46.6 Å². The minimum Gasteiger partial charge on any atom is -0.323 e. The summed E-state index contributed by atoms with van der Waals surface area (Å²) < 4.78 is 0. The number of hydrogen-bond donors (Lipinski definition) is 1. The summed E-state index contributed by atoms with van der Waals surface area (Å²) in [5.41, 5.74) is 2.91. The van der Waals surface area contributed by atoms with Crippen LogP contribution in [0.25, 0.3) is 0 Å². The third-order valence-corrected chi connectivity index (χ3v) is 4.48. The first-order valence-corrected chi connectivity index (χ1v) is 8.34. The van der Waals surface area contributed by atoms with Crippen LogP contribution in [0.2, 0.25) is 10.0 Å². The molecule has 2 rings (SSSR count). The van der Waals surface area contributed by atoms with Crippen molar-refractivity contribution in [1.29, 1.82) is 0 Å². The number of halogens is 2. The Balaban J connectivity index is 1.84. The van der Waals surface area contributed by atoms with Crippen molar-refractivity contribution in [1.82, 2.24) is 0 Å². The molecule has 0 radical (unpaired) electrons. The smallest absolute Gasteiger partial charge is 0.234 e. The van der Waals surface area contributed by atoms with E-state index >= 15 is 0 Å². The molecule has 0 aliphatic heterocycles. The normalized spacial score (nSPS) is 10.4. The molecule has 110 valence electrons. The molecule has 0 saturated carbocycles. The number of hydrogen-bond acceptors (Lipinski definition) is 2. The van der Waals surface area contributed by atoms with Crippen molar-refractivity contribution in [2.24, 2.45) is 0 Å². The van der Waals surface area contributed by atoms with E-state index in [-0.39, 0.29) is 5.91 Å². The van der Waals surface area contributed by atoms with Gasteiger partial charge in [0.15, 0.2) is 0 Å². The second-order valence-electron chi connectivity index (χ2n) is 4.62. The van der Waals surface area contributed by atoms with E-state index in [9.17, 15) is 4.79 Å². The van der Waals surface area contributed by atoms with E-state index in [4.69, 9.17) is 23.2 Å². The first-order valence-electron chi connectivity index (χ1n) is 6.43. The molecule has 2 aromatic rings. The van der Waals surface area contributed by atoms with Crippen LogP contribution in [-0.2, 0) is 10.5 Å². The Kier molecular flexibility index (Phi) is 5.97. The van der Waals surface area contributed by atoms with Crippen LogP contribution in [-0.4, -0.2) is 11.7 Å². The number of carbonyl (C=O) groups is 1. The van der Waals surface area contributed by atoms with Crippen LogP contribution >= 0.6 is 35.0 Å². The molecule has 0 saturated heterocycles. The fourth-order valence-electron chi connectivity index (χ4n) is 1.74. The van der Waals surface area contributed by atoms with Gasteiger partial charge in [-0.25, -0.2) is 0 Å². The molecule has 0 unspecified atom stereocenters. The second-order valence-corrected chi connectivity index (χ2v) is 6.42. The van der Waals surface area contributed by atoms with Gasteiger partial charge in [-0.2, -0.15) is 0 Å². The van der Waals surface area contributed by atoms with Gasteiger partial charge < -0.3 is 5.32 Å². The van der Waals surface area contributed by atoms with E-state index in [1.807, 2.05) is 0 Å². The van der Waals surface area contributed by atoms with Crippen LogP contribution in [0.5, 0.6) is 0 Å². The predicted molar refractivity (Wildman–Crippen MR) is 92.4 cm³/mol. The zero-order chi connectivity index (χ0) is 15.2. The number of thioether (sulfide) groups is 1. The lowest BCUT2D eigenvalue weighted by molar-refractivity contribution is -0.113. The van der Waals surface area contributed by atoms with Crippen LogP contribution in [0.15, 0.2) is 42.5 Å². The average molecular weight is 340 g/mol. The Labute approximate surface area is 138 Å². The molecule has 2 aromatic carbocycles. The maximum atomic E-state index is 11.9. The van der Waals surface area contributed by atoms with E-state index in [0.717, 1.165) is 5.75 Å². The third kappa shape index (κ3) is 4.95. The summed E-state index contributed by atoms with van der Waals surface area (Å²) in [4.78, 5) is 11.9. The summed E-state index contributed by atoms with van der Waals surface area (Å²) in [5.74, 6) is 1.04. The standard InChI is InChI=1S/C16H15Cl2NOS/c1-11-5-7-12(8-6-11)9-21-10-15(20)19-16-13(17)3-2-4-14(16)18/h2-8H,9-10H2,1H3,(H,19,20). The number of rotatable bonds is 5. The van der Waals surface area contributed by atoms with Crippen LogP contribution < -0.4 is 5.32 Å². The summed E-state index contributed by atoms with van der Waals surface area (Å²) in [6.07, 6.45) is 0. The lowest BCUT2D eigenvalue weighted by Gasteiger charge is -2.09. The molecule has 5 heteroatoms. The Hall–Kier alpha value is -1.16. The van der Waals surface area contributed by atoms with Gasteiger partial charge in [-0.1, -0.05) is 59.1 Å². The Morgan fingerprint density at radius 3 is 2.33 bits per heavy atom. The van der Waals surface area contributed by atoms with Gasteiger partial charge in [0.2, 0.25) is 5.91 Å². The third-order valence-electron chi connectivity index (χ3n) is 2.85. The number of anilines is 1. The topological polar surface area (TPSA) is 29.1 Å². The van der Waals surface area contributed by atoms with Crippen LogP contribution in [0.3, 0.4) is 0 Å². The van der Waals surface area contributed by atoms with E-state index in [1.165, 1.54) is 11.1 Å². The zero-order valence-electron chi connectivity index (χ0n) is 11.5. The van der Waals surface area contributed by atoms with Gasteiger partial charge in [0.1, 0.15) is 0 Å². The Bertz CT molecular complexity index is 608. The lowest BCUT2D eigenvalue weighted by Crippen LogP contribution is -2.14. The molecule has 0 aromatic heterocycles. The van der Waals surface area contributed by atoms with Crippen molar-refractivity contribution in [3.05, 3.63) is 63.6 Å². The second kappa shape index (κ2) is 7.74. The Morgan fingerprint density at radius 2 is 1.71 bits per heavy atom. The molecule has 1 N–H and O–H groups in total. The molecular formula is C16H15Cl2NOS. The monoisotopic (exact) mass is 339 g/mol. The summed E-state index contributed by atoms with van der Waals surface area (Å²) >= 11 is 13.6. The number of nitrogens with one attached hydrogen (secondary N) is 1. The molecule has 2 nitrogen and oxygen atoms in total. The maximum Gasteiger partial charge on any atom is 0.234 e. The van der Waals surface area contributed by atoms with Crippen molar-refractivity contribution in [2.75, 3.05) is 11.1 Å². The van der Waals surface area contributed by atoms with Crippen LogP contribution in [0, 0.1) is 6.92 Å². The van der Waals surface area contributed by atoms with Gasteiger partial charge in [-0.05, 0) is 24.6 Å². The highest BCUT2D eigenvalue weighted by molar-refractivity contribution is 7.99. The number of benzene rings is 2. The van der Waals surface area contributed by atoms with Crippen molar-refractivity contribution in [3.8, 4) is 0 Å². The molecule has 0 bridgehead atoms. The summed E-state index contributed by atoms with van der Waals surface area (Å²) in [7, 11) is 0. The SMILES string of the molecule is Cc1ccc(CSCC(=O)Nc2c(Cl)cccc2Cl)cc1. The van der Waals surface area contributed by atoms with E-state index in [0.29, 0.717) is 21.5 Å². The average Bonchev–Trinajstić information content (AvgIpc) is 2.45. The number of carbonyl (C=O) groups excluding carboxylic acids is 1. The van der Waals surface area contributed by atoms with Gasteiger partial charge in [0.05, 0.1) is 21.5 Å². The molecule has 1 amide bonds. The van der Waals surface area contributed by atoms with Gasteiger partial charge in [0.25, 0.3) is 0 Å². The molecular weight excluding hydrogens is 325 g/mol. The fourth-order valence-corrected chi connectivity index (χ4v) is 3.02. The van der Waals surface area contributed by atoms with Crippen molar-refractivity contribution in [3.63, 3.8) is 0 Å². The minimum atomic E-state index is -0.109. The molecule has 0 spiro atoms. The molecule has 0 aliphatic rings. The number of amides is 1. The zero-order valence-corrected chi connectivity index (χ0v) is 13.9. The largest absolute Gasteiger partial charge is 0.323 e. The predicted octanol–water partition coefficient (Wildman–Crippen LogP) is 5.17. The number of aryl methyl sites for hydroxylation is 1. The lowest BCUT2D eigenvalue weighted by atomic mass is 10.2. The number of para-hydroxylation sites is 1. The van der Waals surface area contributed by atoms with Crippen LogP contribution in [0.1, 0.15) is 11.1 Å². The van der Waals surface area contributed by atoms with Crippen molar-refractivity contribution in [2.45, 2.75) is 12.7 Å². The molecule has 0 aliphatic carbocycles. The summed E-state index contributed by atoms with van der Waals surface area (Å²) in [5, 5.41) is 3.64. The minimum absolute atomic E-state index is 0.109.